The summed E-state index contributed by atoms with van der Waals surface area (Å²) in [7, 11) is 1.71. The zero-order valence-electron chi connectivity index (χ0n) is 8.50. The zero-order valence-corrected chi connectivity index (χ0v) is 8.50. The molecule has 1 rings (SSSR count). The first-order valence-electron chi connectivity index (χ1n) is 4.29. The Bertz CT molecular complexity index is 345. The van der Waals surface area contributed by atoms with Gasteiger partial charge in [-0.15, -0.1) is 0 Å². The molecular weight excluding hydrogens is 184 g/mol. The number of hydrogen-bond donors (Lipinski definition) is 2. The van der Waals surface area contributed by atoms with Crippen LogP contribution < -0.4 is 11.1 Å². The highest BCUT2D eigenvalue weighted by Crippen LogP contribution is 2.21. The van der Waals surface area contributed by atoms with E-state index >= 15 is 0 Å². The van der Waals surface area contributed by atoms with E-state index in [1.54, 1.807) is 20.9 Å². The lowest BCUT2D eigenvalue weighted by Gasteiger charge is -2.04. The average molecular weight is 198 g/mol. The monoisotopic (exact) mass is 198 g/mol. The molecule has 14 heavy (non-hydrogen) atoms. The number of carbonyl (C=O) groups is 1. The Balaban J connectivity index is 2.81. The molecule has 1 amide bonds. The highest BCUT2D eigenvalue weighted by molar-refractivity contribution is 5.89. The first-order valence-corrected chi connectivity index (χ1v) is 4.29. The molecule has 0 bridgehead atoms. The molecule has 6 heteroatoms. The molecule has 1 heterocycles. The number of aromatic nitrogens is 2. The van der Waals surface area contributed by atoms with Gasteiger partial charge in [-0.2, -0.15) is 5.10 Å². The highest BCUT2D eigenvalue weighted by Gasteiger charge is 2.13. The van der Waals surface area contributed by atoms with Gasteiger partial charge in [-0.1, -0.05) is 0 Å². The normalized spacial score (nSPS) is 9.93. The summed E-state index contributed by atoms with van der Waals surface area (Å²) in [5, 5.41) is 6.58. The molecular formula is C8H14N4O2. The predicted molar refractivity (Wildman–Crippen MR) is 53.0 cm³/mol. The molecule has 0 aliphatic rings. The molecule has 78 valence electrons. The molecule has 0 spiro atoms. The van der Waals surface area contributed by atoms with Crippen LogP contribution >= 0.6 is 0 Å². The van der Waals surface area contributed by atoms with Gasteiger partial charge in [0.25, 0.3) is 0 Å². The number of hydrogen-bond acceptors (Lipinski definition) is 4. The molecule has 0 unspecified atom stereocenters. The van der Waals surface area contributed by atoms with Crippen LogP contribution in [0.3, 0.4) is 0 Å². The van der Waals surface area contributed by atoms with Crippen LogP contribution in [0.4, 0.5) is 16.3 Å². The SMILES string of the molecule is CCOC(=O)Nc1c(C)nn(C)c1N. The van der Waals surface area contributed by atoms with E-state index in [1.807, 2.05) is 0 Å². The largest absolute Gasteiger partial charge is 0.450 e. The number of anilines is 2. The minimum atomic E-state index is -0.518. The maximum Gasteiger partial charge on any atom is 0.411 e. The Morgan fingerprint density at radius 1 is 1.71 bits per heavy atom. The molecule has 0 saturated carbocycles. The molecule has 6 nitrogen and oxygen atoms in total. The summed E-state index contributed by atoms with van der Waals surface area (Å²) in [6.07, 6.45) is -0.518. The summed E-state index contributed by atoms with van der Waals surface area (Å²) in [6.45, 7) is 3.82. The van der Waals surface area contributed by atoms with Crippen molar-refractivity contribution in [3.8, 4) is 0 Å². The maximum atomic E-state index is 11.1. The van der Waals surface area contributed by atoms with Crippen molar-refractivity contribution in [3.05, 3.63) is 5.69 Å². The van der Waals surface area contributed by atoms with E-state index in [0.29, 0.717) is 23.8 Å². The number of nitrogens with zero attached hydrogens (tertiary/aromatic N) is 2. The summed E-state index contributed by atoms with van der Waals surface area (Å²) < 4.78 is 6.22. The van der Waals surface area contributed by atoms with Crippen LogP contribution in [-0.2, 0) is 11.8 Å². The Kier molecular flexibility index (Phi) is 2.95. The quantitative estimate of drug-likeness (QED) is 0.739. The molecule has 0 fully saturated rings. The Hall–Kier alpha value is -1.72. The van der Waals surface area contributed by atoms with Crippen LogP contribution in [0.5, 0.6) is 0 Å². The third kappa shape index (κ3) is 1.95. The van der Waals surface area contributed by atoms with E-state index in [1.165, 1.54) is 4.68 Å². The molecule has 1 aromatic rings. The summed E-state index contributed by atoms with van der Waals surface area (Å²) in [5.41, 5.74) is 6.85. The first-order chi connectivity index (χ1) is 6.56. The van der Waals surface area contributed by atoms with Gasteiger partial charge in [0.2, 0.25) is 0 Å². The summed E-state index contributed by atoms with van der Waals surface area (Å²) >= 11 is 0. The standard InChI is InChI=1S/C8H14N4O2/c1-4-14-8(13)10-6-5(2)11-12(3)7(6)9/h4,9H2,1-3H3,(H,10,13). The van der Waals surface area contributed by atoms with Crippen molar-refractivity contribution in [1.29, 1.82) is 0 Å². The van der Waals surface area contributed by atoms with Crippen LogP contribution in [0.25, 0.3) is 0 Å². The average Bonchev–Trinajstić information content (AvgIpc) is 2.33. The Morgan fingerprint density at radius 3 is 2.79 bits per heavy atom. The van der Waals surface area contributed by atoms with Gasteiger partial charge in [0, 0.05) is 7.05 Å². The van der Waals surface area contributed by atoms with E-state index in [2.05, 4.69) is 10.4 Å². The maximum absolute atomic E-state index is 11.1. The Morgan fingerprint density at radius 2 is 2.36 bits per heavy atom. The fourth-order valence-electron chi connectivity index (χ4n) is 1.10. The van der Waals surface area contributed by atoms with Crippen molar-refractivity contribution >= 4 is 17.6 Å². The minimum absolute atomic E-state index is 0.324. The summed E-state index contributed by atoms with van der Waals surface area (Å²) in [4.78, 5) is 11.1. The van der Waals surface area contributed by atoms with Crippen LogP contribution in [0, 0.1) is 6.92 Å². The smallest absolute Gasteiger partial charge is 0.411 e. The molecule has 0 aliphatic carbocycles. The number of carbonyl (C=O) groups excluding carboxylic acids is 1. The van der Waals surface area contributed by atoms with Gasteiger partial charge in [0.1, 0.15) is 11.5 Å². The van der Waals surface area contributed by atoms with Crippen molar-refractivity contribution < 1.29 is 9.53 Å². The molecule has 0 atom stereocenters. The van der Waals surface area contributed by atoms with E-state index in [-0.39, 0.29) is 0 Å². The van der Waals surface area contributed by atoms with Crippen molar-refractivity contribution in [3.63, 3.8) is 0 Å². The Labute approximate surface area is 82.0 Å². The van der Waals surface area contributed by atoms with Gasteiger partial charge in [0.05, 0.1) is 12.3 Å². The molecule has 0 saturated heterocycles. The van der Waals surface area contributed by atoms with E-state index in [0.717, 1.165) is 0 Å². The fourth-order valence-corrected chi connectivity index (χ4v) is 1.10. The first kappa shape index (κ1) is 10.4. The van der Waals surface area contributed by atoms with Gasteiger partial charge < -0.3 is 10.5 Å². The number of rotatable bonds is 2. The van der Waals surface area contributed by atoms with Crippen molar-refractivity contribution in [2.24, 2.45) is 7.05 Å². The lowest BCUT2D eigenvalue weighted by Crippen LogP contribution is -2.14. The predicted octanol–water partition coefficient (Wildman–Crippen LogP) is 0.879. The van der Waals surface area contributed by atoms with Gasteiger partial charge in [-0.3, -0.25) is 10.00 Å². The minimum Gasteiger partial charge on any atom is -0.450 e. The van der Waals surface area contributed by atoms with Crippen LogP contribution in [-0.4, -0.2) is 22.5 Å². The molecule has 0 radical (unpaired) electrons. The van der Waals surface area contributed by atoms with Gasteiger partial charge >= 0.3 is 6.09 Å². The van der Waals surface area contributed by atoms with E-state index in [4.69, 9.17) is 10.5 Å². The highest BCUT2D eigenvalue weighted by atomic mass is 16.5. The van der Waals surface area contributed by atoms with Crippen molar-refractivity contribution in [2.45, 2.75) is 13.8 Å². The number of aryl methyl sites for hydroxylation is 2. The number of nitrogens with one attached hydrogen (secondary N) is 1. The lowest BCUT2D eigenvalue weighted by atomic mass is 10.4. The van der Waals surface area contributed by atoms with Crippen molar-refractivity contribution in [1.82, 2.24) is 9.78 Å². The number of nitrogens with two attached hydrogens (primary N) is 1. The van der Waals surface area contributed by atoms with Crippen LogP contribution in [0.1, 0.15) is 12.6 Å². The third-order valence-electron chi connectivity index (χ3n) is 1.77. The van der Waals surface area contributed by atoms with Gasteiger partial charge in [-0.05, 0) is 13.8 Å². The lowest BCUT2D eigenvalue weighted by molar-refractivity contribution is 0.168. The van der Waals surface area contributed by atoms with Crippen LogP contribution in [0.15, 0.2) is 0 Å². The van der Waals surface area contributed by atoms with Gasteiger partial charge in [-0.25, -0.2) is 4.79 Å². The fraction of sp³-hybridized carbons (Fsp3) is 0.500. The van der Waals surface area contributed by atoms with E-state index in [9.17, 15) is 4.79 Å². The van der Waals surface area contributed by atoms with Gasteiger partial charge in [0.15, 0.2) is 0 Å². The topological polar surface area (TPSA) is 82.2 Å². The number of ether oxygens (including phenoxy) is 1. The van der Waals surface area contributed by atoms with Crippen molar-refractivity contribution in [2.75, 3.05) is 17.7 Å². The molecule has 0 aliphatic heterocycles. The zero-order chi connectivity index (χ0) is 10.7. The van der Waals surface area contributed by atoms with E-state index < -0.39 is 6.09 Å². The third-order valence-corrected chi connectivity index (χ3v) is 1.77. The second-order valence-corrected chi connectivity index (χ2v) is 2.81. The second-order valence-electron chi connectivity index (χ2n) is 2.81. The summed E-state index contributed by atoms with van der Waals surface area (Å²) in [6, 6.07) is 0. The molecule has 1 aromatic heterocycles. The molecule has 3 N–H and O–H groups in total. The number of amides is 1. The van der Waals surface area contributed by atoms with Crippen LogP contribution in [0.2, 0.25) is 0 Å². The number of nitrogen functional groups attached to an aromatic ring is 1. The molecule has 0 aromatic carbocycles. The summed E-state index contributed by atoms with van der Waals surface area (Å²) in [5.74, 6) is 0.413. The second kappa shape index (κ2) is 3.99.